The third-order valence-corrected chi connectivity index (χ3v) is 5.93. The normalized spacial score (nSPS) is 36.7. The highest BCUT2D eigenvalue weighted by atomic mass is 35.5. The number of alkyl halides is 1. The lowest BCUT2D eigenvalue weighted by molar-refractivity contribution is -0.205. The fourth-order valence-electron chi connectivity index (χ4n) is 2.90. The Labute approximate surface area is 182 Å². The topological polar surface area (TPSA) is 149 Å². The van der Waals surface area contributed by atoms with Crippen molar-refractivity contribution < 1.29 is 41.6 Å². The minimum atomic E-state index is -4.86. The standard InChI is InChI=1S/C17H17ClFN2O9P/c1-8-3-2-4-9-6-27-31(26,30-12(8)9)28-7-17(19)13(23)11(22)15(29-17)21-5-10(18)14(24)20-16(21)25/h2-5,11,13,15,22-23H,6-7H2,1H3,(H,20,24,25)/t11-,13+,15-,17-,31?/m1/s1/i7D2,15D. The maximum atomic E-state index is 15.8. The third-order valence-electron chi connectivity index (χ3n) is 4.49. The van der Waals surface area contributed by atoms with E-state index in [1.54, 1.807) is 30.1 Å². The van der Waals surface area contributed by atoms with Crippen LogP contribution < -0.4 is 15.8 Å². The molecular weight excluding hydrogens is 462 g/mol. The van der Waals surface area contributed by atoms with Crippen LogP contribution in [-0.2, 0) is 25.0 Å². The molecule has 2 aliphatic heterocycles. The molecular formula is C17H17ClFN2O9P. The minimum Gasteiger partial charge on any atom is -0.403 e. The molecule has 0 bridgehead atoms. The van der Waals surface area contributed by atoms with Crippen LogP contribution in [0.25, 0.3) is 0 Å². The van der Waals surface area contributed by atoms with E-state index in [1.165, 1.54) is 0 Å². The number of phosphoric ester groups is 1. The van der Waals surface area contributed by atoms with Gasteiger partial charge in [0.15, 0.2) is 6.20 Å². The summed E-state index contributed by atoms with van der Waals surface area (Å²) in [7, 11) is -4.86. The van der Waals surface area contributed by atoms with Crippen molar-refractivity contribution in [3.8, 4) is 5.75 Å². The van der Waals surface area contributed by atoms with Gasteiger partial charge >= 0.3 is 13.5 Å². The highest BCUT2D eigenvalue weighted by Gasteiger charge is 2.57. The Hall–Kier alpha value is -2.05. The van der Waals surface area contributed by atoms with Crippen LogP contribution in [-0.4, -0.2) is 44.4 Å². The van der Waals surface area contributed by atoms with E-state index in [-0.39, 0.29) is 16.9 Å². The molecule has 1 aromatic heterocycles. The number of phosphoric acid groups is 1. The van der Waals surface area contributed by atoms with Gasteiger partial charge in [-0.1, -0.05) is 29.8 Å². The monoisotopic (exact) mass is 481 g/mol. The number of aromatic nitrogens is 2. The van der Waals surface area contributed by atoms with E-state index < -0.39 is 54.9 Å². The Morgan fingerprint density at radius 2 is 2.26 bits per heavy atom. The van der Waals surface area contributed by atoms with Gasteiger partial charge in [-0.3, -0.25) is 23.4 Å². The first-order chi connectivity index (χ1) is 15.6. The van der Waals surface area contributed by atoms with Gasteiger partial charge < -0.3 is 19.5 Å². The number of rotatable bonds is 4. The van der Waals surface area contributed by atoms with Gasteiger partial charge in [-0.05, 0) is 12.5 Å². The van der Waals surface area contributed by atoms with Crippen molar-refractivity contribution in [2.45, 2.75) is 37.8 Å². The zero-order valence-corrected chi connectivity index (χ0v) is 17.2. The molecule has 2 aliphatic rings. The fraction of sp³-hybridized carbons (Fsp3) is 0.412. The van der Waals surface area contributed by atoms with Gasteiger partial charge in [0.25, 0.3) is 11.4 Å². The fourth-order valence-corrected chi connectivity index (χ4v) is 4.21. The number of aliphatic hydroxyl groups excluding tert-OH is 2. The highest BCUT2D eigenvalue weighted by Crippen LogP contribution is 2.56. The van der Waals surface area contributed by atoms with Crippen molar-refractivity contribution in [1.29, 1.82) is 0 Å². The second kappa shape index (κ2) is 7.82. The van der Waals surface area contributed by atoms with Crippen LogP contribution >= 0.6 is 19.4 Å². The molecule has 31 heavy (non-hydrogen) atoms. The number of aryl methyl sites for hydroxylation is 1. The average molecular weight is 482 g/mol. The Kier molecular flexibility index (Phi) is 4.67. The molecule has 1 aromatic carbocycles. The first kappa shape index (κ1) is 18.5. The summed E-state index contributed by atoms with van der Waals surface area (Å²) in [4.78, 5) is 25.3. The Morgan fingerprint density at radius 3 is 3.00 bits per heavy atom. The molecule has 1 fully saturated rings. The van der Waals surface area contributed by atoms with Gasteiger partial charge in [-0.2, -0.15) is 0 Å². The SMILES string of the molecule is [2H]C([2H])(OP1(=O)OCc2cccc(C)c2O1)[C@@]1(F)O[C@@]([2H])(n2cc(Cl)c(=O)[nH]c2=O)[C@H](O)[C@@H]1O. The number of nitrogens with one attached hydrogen (secondary N) is 1. The summed E-state index contributed by atoms with van der Waals surface area (Å²) < 4.78 is 72.8. The van der Waals surface area contributed by atoms with Crippen LogP contribution in [0.15, 0.2) is 34.0 Å². The van der Waals surface area contributed by atoms with E-state index in [4.69, 9.17) is 34.0 Å². The van der Waals surface area contributed by atoms with E-state index >= 15 is 4.39 Å². The molecule has 3 N–H and O–H groups in total. The number of H-pyrrole nitrogens is 1. The van der Waals surface area contributed by atoms with Crippen LogP contribution in [0.5, 0.6) is 5.75 Å². The molecule has 1 saturated heterocycles. The number of benzene rings is 1. The predicted molar refractivity (Wildman–Crippen MR) is 102 cm³/mol. The Bertz CT molecular complexity index is 1330. The van der Waals surface area contributed by atoms with Crippen LogP contribution in [0.2, 0.25) is 5.02 Å². The summed E-state index contributed by atoms with van der Waals surface area (Å²) in [6.07, 6.45) is -8.18. The lowest BCUT2D eigenvalue weighted by Gasteiger charge is -2.29. The van der Waals surface area contributed by atoms with Crippen molar-refractivity contribution in [3.63, 3.8) is 0 Å². The summed E-state index contributed by atoms with van der Waals surface area (Å²) in [5, 5.41) is 20.0. The number of halogens is 2. The molecule has 4 rings (SSSR count). The van der Waals surface area contributed by atoms with Crippen LogP contribution in [0.1, 0.15) is 21.4 Å². The summed E-state index contributed by atoms with van der Waals surface area (Å²) in [5.41, 5.74) is -1.50. The van der Waals surface area contributed by atoms with E-state index in [1.807, 2.05) is 0 Å². The van der Waals surface area contributed by atoms with Crippen LogP contribution in [0.4, 0.5) is 4.39 Å². The van der Waals surface area contributed by atoms with Gasteiger partial charge in [0.05, 0.1) is 10.7 Å². The van der Waals surface area contributed by atoms with Crippen molar-refractivity contribution in [2.24, 2.45) is 0 Å². The lowest BCUT2D eigenvalue weighted by Crippen LogP contribution is -2.43. The molecule has 3 heterocycles. The third kappa shape index (κ3) is 3.96. The number of nitrogens with zero attached hydrogens (tertiary/aromatic N) is 1. The van der Waals surface area contributed by atoms with E-state index in [0.29, 0.717) is 17.3 Å². The summed E-state index contributed by atoms with van der Waals surface area (Å²) in [5.74, 6) is -4.04. The van der Waals surface area contributed by atoms with Crippen LogP contribution in [0, 0.1) is 6.92 Å². The predicted octanol–water partition coefficient (Wildman–Crippen LogP) is 1.15. The number of hydrogen-bond donors (Lipinski definition) is 3. The first-order valence-corrected chi connectivity index (χ1v) is 10.5. The summed E-state index contributed by atoms with van der Waals surface area (Å²) in [6.45, 7) is -2.62. The van der Waals surface area contributed by atoms with E-state index in [9.17, 15) is 24.4 Å². The second-order valence-electron chi connectivity index (χ2n) is 6.65. The molecule has 14 heteroatoms. The number of aliphatic hydroxyl groups is 2. The van der Waals surface area contributed by atoms with E-state index in [0.717, 1.165) is 0 Å². The zero-order chi connectivity index (χ0) is 25.3. The van der Waals surface area contributed by atoms with Crippen molar-refractivity contribution >= 4 is 19.4 Å². The summed E-state index contributed by atoms with van der Waals surface area (Å²) in [6, 6.07) is 4.84. The molecule has 0 amide bonds. The first-order valence-electron chi connectivity index (χ1n) is 10.1. The van der Waals surface area contributed by atoms with Crippen molar-refractivity contribution in [3.05, 3.63) is 61.4 Å². The molecule has 5 atom stereocenters. The molecule has 11 nitrogen and oxygen atoms in total. The molecule has 1 unspecified atom stereocenters. The van der Waals surface area contributed by atoms with Gasteiger partial charge in [-0.15, -0.1) is 0 Å². The van der Waals surface area contributed by atoms with Gasteiger partial charge in [0.1, 0.15) is 29.5 Å². The van der Waals surface area contributed by atoms with E-state index in [2.05, 4.69) is 0 Å². The number of ether oxygens (including phenoxy) is 1. The molecule has 0 radical (unpaired) electrons. The zero-order valence-electron chi connectivity index (χ0n) is 18.6. The van der Waals surface area contributed by atoms with Gasteiger partial charge in [-0.25, -0.2) is 13.8 Å². The Morgan fingerprint density at radius 1 is 1.52 bits per heavy atom. The molecule has 0 saturated carbocycles. The molecule has 2 aromatic rings. The quantitative estimate of drug-likeness (QED) is 0.546. The lowest BCUT2D eigenvalue weighted by atomic mass is 10.1. The molecule has 0 aliphatic carbocycles. The largest absolute Gasteiger partial charge is 0.530 e. The van der Waals surface area contributed by atoms with Gasteiger partial charge in [0, 0.05) is 11.8 Å². The average Bonchev–Trinajstić information content (AvgIpc) is 2.93. The van der Waals surface area contributed by atoms with Gasteiger partial charge in [0.2, 0.25) is 0 Å². The molecule has 0 spiro atoms. The smallest absolute Gasteiger partial charge is 0.403 e. The van der Waals surface area contributed by atoms with Crippen LogP contribution in [0.3, 0.4) is 0 Å². The number of para-hydroxylation sites is 1. The number of hydrogen-bond acceptors (Lipinski definition) is 9. The maximum Gasteiger partial charge on any atom is 0.530 e. The number of aromatic amines is 1. The minimum absolute atomic E-state index is 0.0537. The van der Waals surface area contributed by atoms with Crippen molar-refractivity contribution in [2.75, 3.05) is 6.56 Å². The van der Waals surface area contributed by atoms with Crippen molar-refractivity contribution in [1.82, 2.24) is 9.55 Å². The summed E-state index contributed by atoms with van der Waals surface area (Å²) >= 11 is 5.62. The molecule has 168 valence electrons. The Balaban J connectivity index is 1.69. The second-order valence-corrected chi connectivity index (χ2v) is 8.57. The number of fused-ring (bicyclic) bond motifs is 1. The maximum absolute atomic E-state index is 15.8. The highest BCUT2D eigenvalue weighted by molar-refractivity contribution is 7.49.